The molecule has 0 bridgehead atoms. The van der Waals surface area contributed by atoms with Crippen molar-refractivity contribution < 1.29 is 8.78 Å². The molecule has 2 aliphatic rings. The summed E-state index contributed by atoms with van der Waals surface area (Å²) in [6.07, 6.45) is 4.06. The molecule has 1 aliphatic carbocycles. The van der Waals surface area contributed by atoms with Crippen molar-refractivity contribution in [1.82, 2.24) is 15.5 Å². The highest BCUT2D eigenvalue weighted by atomic mass is 19.3. The van der Waals surface area contributed by atoms with Gasteiger partial charge in [-0.2, -0.15) is 0 Å². The number of hydrogen-bond donors (Lipinski definition) is 2. The van der Waals surface area contributed by atoms with Gasteiger partial charge in [-0.25, -0.2) is 8.78 Å². The molecule has 112 valence electrons. The molecule has 3 nitrogen and oxygen atoms in total. The minimum atomic E-state index is -2.45. The number of likely N-dealkylation sites (N-methyl/N-ethyl adjacent to an activating group) is 2. The topological polar surface area (TPSA) is 27.3 Å². The molecular formula is C15H23F2N3. The van der Waals surface area contributed by atoms with Crippen LogP contribution in [0.1, 0.15) is 19.8 Å². The van der Waals surface area contributed by atoms with E-state index in [4.69, 9.17) is 0 Å². The van der Waals surface area contributed by atoms with E-state index in [0.29, 0.717) is 11.9 Å². The van der Waals surface area contributed by atoms with Gasteiger partial charge in [-0.05, 0) is 44.4 Å². The fourth-order valence-electron chi connectivity index (χ4n) is 2.60. The molecule has 2 fully saturated rings. The Balaban J connectivity index is 2.13. The fourth-order valence-corrected chi connectivity index (χ4v) is 2.60. The summed E-state index contributed by atoms with van der Waals surface area (Å²) in [5, 5.41) is 6.33. The molecule has 0 aromatic carbocycles. The van der Waals surface area contributed by atoms with Crippen molar-refractivity contribution >= 4 is 0 Å². The molecular weight excluding hydrogens is 260 g/mol. The summed E-state index contributed by atoms with van der Waals surface area (Å²) < 4.78 is 25.6. The van der Waals surface area contributed by atoms with Crippen LogP contribution in [-0.4, -0.2) is 37.8 Å². The molecule has 2 atom stereocenters. The Hall–Kier alpha value is -1.20. The lowest BCUT2D eigenvalue weighted by molar-refractivity contribution is 0.00817. The second-order valence-electron chi connectivity index (χ2n) is 5.51. The number of alkyl halides is 2. The van der Waals surface area contributed by atoms with Gasteiger partial charge in [0, 0.05) is 18.3 Å². The van der Waals surface area contributed by atoms with Gasteiger partial charge in [0.25, 0.3) is 6.43 Å². The van der Waals surface area contributed by atoms with Crippen LogP contribution < -0.4 is 10.6 Å². The van der Waals surface area contributed by atoms with Crippen molar-refractivity contribution in [2.45, 2.75) is 38.5 Å². The van der Waals surface area contributed by atoms with Gasteiger partial charge in [-0.15, -0.1) is 0 Å². The fraction of sp³-hybridized carbons (Fsp3) is 0.600. The highest BCUT2D eigenvalue weighted by Gasteiger charge is 2.44. The Bertz CT molecular complexity index is 438. The molecule has 0 aromatic rings. The molecule has 0 radical (unpaired) electrons. The van der Waals surface area contributed by atoms with E-state index in [1.807, 2.05) is 0 Å². The number of nitrogens with one attached hydrogen (secondary N) is 2. The maximum Gasteiger partial charge on any atom is 0.261 e. The standard InChI is InChI=1S/C15H23F2N3/c1-5-10(8-12(18-3)9(2)13(16)17)14-19-15(20(14)4)11-6-7-11/h5,8,11,13-15,18-19H,1,6-7H2,2-4H3/b10-8+,12-9-. The average Bonchev–Trinajstić information content (AvgIpc) is 3.24. The van der Waals surface area contributed by atoms with Crippen molar-refractivity contribution in [3.05, 3.63) is 35.6 Å². The molecule has 1 saturated carbocycles. The lowest BCUT2D eigenvalue weighted by Gasteiger charge is -2.48. The third kappa shape index (κ3) is 2.94. The molecule has 1 heterocycles. The van der Waals surface area contributed by atoms with E-state index in [0.717, 1.165) is 11.5 Å². The number of nitrogens with zero attached hydrogens (tertiary/aromatic N) is 1. The third-order valence-corrected chi connectivity index (χ3v) is 4.13. The second-order valence-corrected chi connectivity index (χ2v) is 5.51. The largest absolute Gasteiger partial charge is 0.388 e. The van der Waals surface area contributed by atoms with E-state index in [2.05, 4.69) is 29.2 Å². The summed E-state index contributed by atoms with van der Waals surface area (Å²) in [7, 11) is 3.72. The van der Waals surface area contributed by atoms with Crippen LogP contribution in [0.4, 0.5) is 8.78 Å². The van der Waals surface area contributed by atoms with E-state index in [1.165, 1.54) is 19.8 Å². The number of halogens is 2. The van der Waals surface area contributed by atoms with Gasteiger partial charge in [0.05, 0.1) is 12.3 Å². The molecule has 5 heteroatoms. The predicted octanol–water partition coefficient (Wildman–Crippen LogP) is 2.45. The van der Waals surface area contributed by atoms with Crippen molar-refractivity contribution in [2.24, 2.45) is 5.92 Å². The first-order valence-electron chi connectivity index (χ1n) is 6.98. The van der Waals surface area contributed by atoms with Crippen molar-refractivity contribution in [3.63, 3.8) is 0 Å². The van der Waals surface area contributed by atoms with Gasteiger partial charge in [0.15, 0.2) is 0 Å². The highest BCUT2D eigenvalue weighted by molar-refractivity contribution is 5.36. The molecule has 1 aliphatic heterocycles. The van der Waals surface area contributed by atoms with Gasteiger partial charge >= 0.3 is 0 Å². The summed E-state index contributed by atoms with van der Waals surface area (Å²) in [6.45, 7) is 5.25. The quantitative estimate of drug-likeness (QED) is 0.733. The average molecular weight is 283 g/mol. The van der Waals surface area contributed by atoms with E-state index in [9.17, 15) is 8.78 Å². The zero-order chi connectivity index (χ0) is 14.9. The van der Waals surface area contributed by atoms with Crippen LogP contribution in [0.15, 0.2) is 35.6 Å². The molecule has 2 unspecified atom stereocenters. The van der Waals surface area contributed by atoms with Gasteiger partial charge in [0.2, 0.25) is 0 Å². The molecule has 2 rings (SSSR count). The normalized spacial score (nSPS) is 29.0. The zero-order valence-electron chi connectivity index (χ0n) is 12.3. The summed E-state index contributed by atoms with van der Waals surface area (Å²) >= 11 is 0. The molecule has 0 aromatic heterocycles. The Morgan fingerprint density at radius 1 is 1.45 bits per heavy atom. The van der Waals surface area contributed by atoms with Crippen LogP contribution in [0.2, 0.25) is 0 Å². The first-order chi connectivity index (χ1) is 9.49. The zero-order valence-corrected chi connectivity index (χ0v) is 12.3. The van der Waals surface area contributed by atoms with Crippen LogP contribution in [0, 0.1) is 5.92 Å². The van der Waals surface area contributed by atoms with Crippen molar-refractivity contribution in [2.75, 3.05) is 14.1 Å². The van der Waals surface area contributed by atoms with Crippen molar-refractivity contribution in [3.8, 4) is 0 Å². The smallest absolute Gasteiger partial charge is 0.261 e. The molecule has 2 N–H and O–H groups in total. The first-order valence-corrected chi connectivity index (χ1v) is 6.98. The highest BCUT2D eigenvalue weighted by Crippen LogP contribution is 2.39. The lowest BCUT2D eigenvalue weighted by atomic mass is 10.0. The van der Waals surface area contributed by atoms with Gasteiger partial charge in [0.1, 0.15) is 0 Å². The monoisotopic (exact) mass is 283 g/mol. The van der Waals surface area contributed by atoms with E-state index < -0.39 is 6.43 Å². The molecule has 1 saturated heterocycles. The van der Waals surface area contributed by atoms with Gasteiger partial charge in [-0.3, -0.25) is 10.2 Å². The predicted molar refractivity (Wildman–Crippen MR) is 77.2 cm³/mol. The van der Waals surface area contributed by atoms with Crippen LogP contribution in [0.3, 0.4) is 0 Å². The first kappa shape index (κ1) is 15.2. The van der Waals surface area contributed by atoms with Crippen LogP contribution in [-0.2, 0) is 0 Å². The van der Waals surface area contributed by atoms with Gasteiger partial charge in [-0.1, -0.05) is 12.7 Å². The van der Waals surface area contributed by atoms with Crippen LogP contribution in [0.5, 0.6) is 0 Å². The minimum Gasteiger partial charge on any atom is -0.388 e. The Morgan fingerprint density at radius 3 is 2.50 bits per heavy atom. The van der Waals surface area contributed by atoms with Crippen molar-refractivity contribution in [1.29, 1.82) is 0 Å². The van der Waals surface area contributed by atoms with E-state index in [-0.39, 0.29) is 11.7 Å². The van der Waals surface area contributed by atoms with Crippen LogP contribution in [0.25, 0.3) is 0 Å². The molecule has 20 heavy (non-hydrogen) atoms. The summed E-state index contributed by atoms with van der Waals surface area (Å²) in [6, 6.07) is 0. The Labute approximate surface area is 119 Å². The van der Waals surface area contributed by atoms with Crippen LogP contribution >= 0.6 is 0 Å². The maximum atomic E-state index is 12.8. The van der Waals surface area contributed by atoms with E-state index in [1.54, 1.807) is 19.2 Å². The lowest BCUT2D eigenvalue weighted by Crippen LogP contribution is -2.69. The summed E-state index contributed by atoms with van der Waals surface area (Å²) in [5.74, 6) is 0.740. The summed E-state index contributed by atoms with van der Waals surface area (Å²) in [4.78, 5) is 2.25. The number of allylic oxidation sites excluding steroid dienone is 2. The molecule has 0 amide bonds. The van der Waals surface area contributed by atoms with Gasteiger partial charge < -0.3 is 5.32 Å². The maximum absolute atomic E-state index is 12.8. The Morgan fingerprint density at radius 2 is 2.10 bits per heavy atom. The minimum absolute atomic E-state index is 0.0487. The summed E-state index contributed by atoms with van der Waals surface area (Å²) in [5.41, 5.74) is 1.42. The third-order valence-electron chi connectivity index (χ3n) is 4.13. The second kappa shape index (κ2) is 6.06. The number of hydrogen-bond acceptors (Lipinski definition) is 3. The Kier molecular flexibility index (Phi) is 4.60. The molecule has 0 spiro atoms. The number of rotatable bonds is 6. The SMILES string of the molecule is C=C/C(=C\C(NC)=C(/C)C(F)F)C1NC(C2CC2)N1C. The van der Waals surface area contributed by atoms with E-state index >= 15 is 0 Å².